The summed E-state index contributed by atoms with van der Waals surface area (Å²) in [6.45, 7) is 13.6. The first-order valence-electron chi connectivity index (χ1n) is 9.86. The number of rotatable bonds is 7. The fraction of sp³-hybridized carbons (Fsp3) is 0.667. The van der Waals surface area contributed by atoms with Crippen molar-refractivity contribution < 1.29 is 4.74 Å². The van der Waals surface area contributed by atoms with Crippen LogP contribution in [-0.4, -0.2) is 62.8 Å². The van der Waals surface area contributed by atoms with Crippen LogP contribution in [0.4, 0.5) is 0 Å². The molecule has 1 saturated heterocycles. The zero-order valence-electron chi connectivity index (χ0n) is 17.1. The molecule has 5 nitrogen and oxygen atoms in total. The lowest BCUT2D eigenvalue weighted by Crippen LogP contribution is -2.46. The van der Waals surface area contributed by atoms with Gasteiger partial charge in [-0.25, -0.2) is 0 Å². The molecule has 0 aromatic heterocycles. The van der Waals surface area contributed by atoms with Crippen LogP contribution in [0.2, 0.25) is 0 Å². The molecule has 1 heterocycles. The molecular formula is C21H36N4O. The van der Waals surface area contributed by atoms with E-state index in [4.69, 9.17) is 4.74 Å². The van der Waals surface area contributed by atoms with Gasteiger partial charge in [0.15, 0.2) is 5.96 Å². The maximum Gasteiger partial charge on any atom is 0.190 e. The Morgan fingerprint density at radius 1 is 1.19 bits per heavy atom. The molecule has 1 aromatic rings. The van der Waals surface area contributed by atoms with Crippen LogP contribution in [0.3, 0.4) is 0 Å². The van der Waals surface area contributed by atoms with Gasteiger partial charge in [-0.05, 0) is 38.7 Å². The van der Waals surface area contributed by atoms with E-state index in [1.807, 2.05) is 7.05 Å². The second-order valence-electron chi connectivity index (χ2n) is 7.56. The number of hydrogen-bond donors (Lipinski definition) is 2. The van der Waals surface area contributed by atoms with Gasteiger partial charge in [0.25, 0.3) is 0 Å². The molecule has 3 atom stereocenters. The molecule has 2 rings (SSSR count). The summed E-state index contributed by atoms with van der Waals surface area (Å²) >= 11 is 0. The molecule has 0 aliphatic carbocycles. The highest BCUT2D eigenvalue weighted by Crippen LogP contribution is 2.14. The lowest BCUT2D eigenvalue weighted by atomic mass is 10.0. The second kappa shape index (κ2) is 10.5. The van der Waals surface area contributed by atoms with Crippen LogP contribution >= 0.6 is 0 Å². The summed E-state index contributed by atoms with van der Waals surface area (Å²) in [5, 5.41) is 6.87. The normalized spacial score (nSPS) is 22.9. The average Bonchev–Trinajstić information content (AvgIpc) is 2.60. The van der Waals surface area contributed by atoms with Gasteiger partial charge in [-0.2, -0.15) is 0 Å². The van der Waals surface area contributed by atoms with Crippen molar-refractivity contribution in [3.05, 3.63) is 35.4 Å². The lowest BCUT2D eigenvalue weighted by molar-refractivity contribution is -0.0679. The summed E-state index contributed by atoms with van der Waals surface area (Å²) in [6.07, 6.45) is 1.78. The molecule has 5 heteroatoms. The van der Waals surface area contributed by atoms with E-state index in [0.717, 1.165) is 45.1 Å². The minimum absolute atomic E-state index is 0.337. The zero-order valence-corrected chi connectivity index (χ0v) is 17.1. The number of morpholine rings is 1. The molecule has 146 valence electrons. The Kier molecular flexibility index (Phi) is 8.39. The monoisotopic (exact) mass is 360 g/mol. The standard InChI is InChI=1S/C21H36N4O/c1-16-7-9-20(10-8-16)17(2)13-24-21(22-5)23-11-6-12-25-14-18(3)26-19(4)15-25/h7-10,17-19H,6,11-15H2,1-5H3,(H2,22,23,24). The van der Waals surface area contributed by atoms with E-state index in [2.05, 4.69) is 72.5 Å². The average molecular weight is 361 g/mol. The van der Waals surface area contributed by atoms with Gasteiger partial charge in [0.2, 0.25) is 0 Å². The number of hydrogen-bond acceptors (Lipinski definition) is 3. The van der Waals surface area contributed by atoms with Crippen molar-refractivity contribution >= 4 is 5.96 Å². The fourth-order valence-electron chi connectivity index (χ4n) is 3.46. The molecule has 0 radical (unpaired) electrons. The molecule has 0 spiro atoms. The molecule has 0 bridgehead atoms. The van der Waals surface area contributed by atoms with Gasteiger partial charge in [0, 0.05) is 39.8 Å². The highest BCUT2D eigenvalue weighted by Gasteiger charge is 2.21. The zero-order chi connectivity index (χ0) is 18.9. The maximum absolute atomic E-state index is 5.79. The molecule has 1 aliphatic heterocycles. The molecule has 26 heavy (non-hydrogen) atoms. The van der Waals surface area contributed by atoms with E-state index in [9.17, 15) is 0 Å². The van der Waals surface area contributed by atoms with Crippen LogP contribution in [0.15, 0.2) is 29.3 Å². The largest absolute Gasteiger partial charge is 0.373 e. The number of guanidine groups is 1. The first-order chi connectivity index (χ1) is 12.5. The maximum atomic E-state index is 5.79. The highest BCUT2D eigenvalue weighted by atomic mass is 16.5. The van der Waals surface area contributed by atoms with Gasteiger partial charge in [0.05, 0.1) is 12.2 Å². The Morgan fingerprint density at radius 3 is 2.46 bits per heavy atom. The topological polar surface area (TPSA) is 48.9 Å². The van der Waals surface area contributed by atoms with Gasteiger partial charge in [-0.3, -0.25) is 9.89 Å². The molecular weight excluding hydrogens is 324 g/mol. The molecule has 1 fully saturated rings. The quantitative estimate of drug-likeness (QED) is 0.446. The van der Waals surface area contributed by atoms with Crippen LogP contribution in [0.5, 0.6) is 0 Å². The first-order valence-corrected chi connectivity index (χ1v) is 9.86. The third-order valence-corrected chi connectivity index (χ3v) is 4.88. The Morgan fingerprint density at radius 2 is 1.85 bits per heavy atom. The van der Waals surface area contributed by atoms with Crippen LogP contribution in [0.1, 0.15) is 44.2 Å². The Hall–Kier alpha value is -1.59. The van der Waals surface area contributed by atoms with Crippen LogP contribution in [-0.2, 0) is 4.74 Å². The fourth-order valence-corrected chi connectivity index (χ4v) is 3.46. The summed E-state index contributed by atoms with van der Waals surface area (Å²) in [5.74, 6) is 1.33. The van der Waals surface area contributed by atoms with Crippen molar-refractivity contribution in [1.29, 1.82) is 0 Å². The Labute approximate surface area is 159 Å². The molecule has 0 saturated carbocycles. The van der Waals surface area contributed by atoms with Crippen molar-refractivity contribution in [1.82, 2.24) is 15.5 Å². The van der Waals surface area contributed by atoms with Crippen LogP contribution < -0.4 is 10.6 Å². The van der Waals surface area contributed by atoms with Crippen molar-refractivity contribution in [2.45, 2.75) is 52.2 Å². The van der Waals surface area contributed by atoms with Crippen molar-refractivity contribution in [3.8, 4) is 0 Å². The summed E-state index contributed by atoms with van der Waals surface area (Å²) in [6, 6.07) is 8.77. The van der Waals surface area contributed by atoms with Gasteiger partial charge < -0.3 is 15.4 Å². The van der Waals surface area contributed by atoms with E-state index < -0.39 is 0 Å². The number of aliphatic imine (C=N–C) groups is 1. The molecule has 0 amide bonds. The third-order valence-electron chi connectivity index (χ3n) is 4.88. The summed E-state index contributed by atoms with van der Waals surface area (Å²) in [7, 11) is 1.83. The van der Waals surface area contributed by atoms with Crippen LogP contribution in [0, 0.1) is 6.92 Å². The van der Waals surface area contributed by atoms with Crippen LogP contribution in [0.25, 0.3) is 0 Å². The summed E-state index contributed by atoms with van der Waals surface area (Å²) in [4.78, 5) is 6.83. The molecule has 1 aliphatic rings. The summed E-state index contributed by atoms with van der Waals surface area (Å²) in [5.41, 5.74) is 2.66. The second-order valence-corrected chi connectivity index (χ2v) is 7.56. The van der Waals surface area contributed by atoms with E-state index >= 15 is 0 Å². The SMILES string of the molecule is CN=C(NCCCN1CC(C)OC(C)C1)NCC(C)c1ccc(C)cc1. The third kappa shape index (κ3) is 6.96. The summed E-state index contributed by atoms with van der Waals surface area (Å²) < 4.78 is 5.79. The minimum Gasteiger partial charge on any atom is -0.373 e. The molecule has 1 aromatic carbocycles. The number of nitrogens with one attached hydrogen (secondary N) is 2. The predicted octanol–water partition coefficient (Wildman–Crippen LogP) is 2.76. The van der Waals surface area contributed by atoms with Crippen molar-refractivity contribution in [2.75, 3.05) is 39.8 Å². The van der Waals surface area contributed by atoms with E-state index in [0.29, 0.717) is 18.1 Å². The van der Waals surface area contributed by atoms with E-state index in [1.165, 1.54) is 11.1 Å². The van der Waals surface area contributed by atoms with Gasteiger partial charge in [0.1, 0.15) is 0 Å². The highest BCUT2D eigenvalue weighted by molar-refractivity contribution is 5.79. The van der Waals surface area contributed by atoms with Gasteiger partial charge in [-0.1, -0.05) is 36.8 Å². The predicted molar refractivity (Wildman–Crippen MR) is 110 cm³/mol. The van der Waals surface area contributed by atoms with Crippen molar-refractivity contribution in [3.63, 3.8) is 0 Å². The smallest absolute Gasteiger partial charge is 0.190 e. The van der Waals surface area contributed by atoms with Gasteiger partial charge >= 0.3 is 0 Å². The number of benzene rings is 1. The minimum atomic E-state index is 0.337. The molecule has 3 unspecified atom stereocenters. The first kappa shape index (κ1) is 20.7. The molecule has 2 N–H and O–H groups in total. The van der Waals surface area contributed by atoms with E-state index in [-0.39, 0.29) is 0 Å². The Balaban J connectivity index is 1.65. The lowest BCUT2D eigenvalue weighted by Gasteiger charge is -2.35. The van der Waals surface area contributed by atoms with Crippen molar-refractivity contribution in [2.24, 2.45) is 4.99 Å². The Bertz CT molecular complexity index is 548. The van der Waals surface area contributed by atoms with E-state index in [1.54, 1.807) is 0 Å². The number of nitrogens with zero attached hydrogens (tertiary/aromatic N) is 2. The number of ether oxygens (including phenoxy) is 1. The number of aryl methyl sites for hydroxylation is 1. The van der Waals surface area contributed by atoms with Gasteiger partial charge in [-0.15, -0.1) is 0 Å².